The van der Waals surface area contributed by atoms with Gasteiger partial charge in [-0.15, -0.1) is 10.2 Å². The third-order valence-electron chi connectivity index (χ3n) is 4.69. The molecule has 1 aromatic heterocycles. The first-order chi connectivity index (χ1) is 11.5. The second-order valence-electron chi connectivity index (χ2n) is 6.78. The van der Waals surface area contributed by atoms with Gasteiger partial charge in [-0.05, 0) is 36.0 Å². The number of carbonyl (C=O) groups excluding carboxylic acids is 1. The van der Waals surface area contributed by atoms with Gasteiger partial charge in [-0.1, -0.05) is 32.0 Å². The van der Waals surface area contributed by atoms with Gasteiger partial charge in [0, 0.05) is 20.1 Å². The van der Waals surface area contributed by atoms with E-state index >= 15 is 0 Å². The molecule has 0 radical (unpaired) electrons. The maximum Gasteiger partial charge on any atom is 0.318 e. The van der Waals surface area contributed by atoms with Crippen molar-refractivity contribution in [1.82, 2.24) is 25.0 Å². The summed E-state index contributed by atoms with van der Waals surface area (Å²) >= 11 is 0. The highest BCUT2D eigenvalue weighted by atomic mass is 16.2. The van der Waals surface area contributed by atoms with Gasteiger partial charge in [0.2, 0.25) is 0 Å². The van der Waals surface area contributed by atoms with E-state index in [0.29, 0.717) is 12.5 Å². The van der Waals surface area contributed by atoms with Crippen LogP contribution in [0.4, 0.5) is 4.79 Å². The molecule has 1 aliphatic rings. The molecule has 1 atom stereocenters. The van der Waals surface area contributed by atoms with Crippen LogP contribution in [0.15, 0.2) is 24.5 Å². The van der Waals surface area contributed by atoms with Crippen molar-refractivity contribution < 1.29 is 4.79 Å². The Kier molecular flexibility index (Phi) is 4.55. The third-order valence-corrected chi connectivity index (χ3v) is 4.69. The summed E-state index contributed by atoms with van der Waals surface area (Å²) in [5, 5.41) is 11.0. The third kappa shape index (κ3) is 3.13. The molecule has 6 nitrogen and oxygen atoms in total. The van der Waals surface area contributed by atoms with Gasteiger partial charge >= 0.3 is 6.03 Å². The molecule has 0 fully saturated rings. The van der Waals surface area contributed by atoms with Crippen LogP contribution in [0.2, 0.25) is 0 Å². The van der Waals surface area contributed by atoms with Crippen molar-refractivity contribution in [3.05, 3.63) is 47.0 Å². The zero-order valence-corrected chi connectivity index (χ0v) is 14.8. The Morgan fingerprint density at radius 2 is 2.08 bits per heavy atom. The van der Waals surface area contributed by atoms with E-state index in [9.17, 15) is 4.79 Å². The van der Waals surface area contributed by atoms with E-state index < -0.39 is 0 Å². The minimum Gasteiger partial charge on any atom is -0.328 e. The van der Waals surface area contributed by atoms with Crippen molar-refractivity contribution in [2.24, 2.45) is 7.05 Å². The first-order valence-corrected chi connectivity index (χ1v) is 8.47. The van der Waals surface area contributed by atoms with Gasteiger partial charge < -0.3 is 14.8 Å². The van der Waals surface area contributed by atoms with Gasteiger partial charge in [0.1, 0.15) is 6.33 Å². The van der Waals surface area contributed by atoms with E-state index in [1.807, 2.05) is 23.4 Å². The molecule has 0 saturated heterocycles. The van der Waals surface area contributed by atoms with Crippen LogP contribution in [-0.2, 0) is 20.0 Å². The molecule has 6 heteroatoms. The average molecular weight is 327 g/mol. The zero-order chi connectivity index (χ0) is 17.3. The summed E-state index contributed by atoms with van der Waals surface area (Å²) in [6, 6.07) is 6.21. The molecular formula is C18H25N5O. The number of amides is 2. The average Bonchev–Trinajstić information content (AvgIpc) is 2.99. The quantitative estimate of drug-likeness (QED) is 0.943. The Bertz CT molecular complexity index is 737. The van der Waals surface area contributed by atoms with Crippen LogP contribution in [0.3, 0.4) is 0 Å². The number of carbonyl (C=O) groups is 1. The Morgan fingerprint density at radius 3 is 2.75 bits per heavy atom. The van der Waals surface area contributed by atoms with Gasteiger partial charge in [-0.25, -0.2) is 4.79 Å². The van der Waals surface area contributed by atoms with Crippen molar-refractivity contribution in [2.45, 2.75) is 45.7 Å². The topological polar surface area (TPSA) is 63.1 Å². The second kappa shape index (κ2) is 6.63. The fourth-order valence-electron chi connectivity index (χ4n) is 3.38. The van der Waals surface area contributed by atoms with E-state index in [1.165, 1.54) is 16.7 Å². The fraction of sp³-hybridized carbons (Fsp3) is 0.500. The number of nitrogens with one attached hydrogen (secondary N) is 1. The fourth-order valence-corrected chi connectivity index (χ4v) is 3.38. The summed E-state index contributed by atoms with van der Waals surface area (Å²) in [5.41, 5.74) is 4.08. The molecule has 1 N–H and O–H groups in total. The number of hydrogen-bond donors (Lipinski definition) is 1. The summed E-state index contributed by atoms with van der Waals surface area (Å²) in [6.45, 7) is 7.77. The number of aryl methyl sites for hydroxylation is 1. The molecule has 2 amide bonds. The molecule has 3 rings (SSSR count). The molecule has 0 aliphatic carbocycles. The normalized spacial score (nSPS) is 15.3. The molecule has 0 bridgehead atoms. The van der Waals surface area contributed by atoms with E-state index in [4.69, 9.17) is 0 Å². The maximum atomic E-state index is 12.6. The summed E-state index contributed by atoms with van der Waals surface area (Å²) in [5.74, 6) is 1.26. The van der Waals surface area contributed by atoms with Crippen LogP contribution in [-0.4, -0.2) is 32.2 Å². The molecule has 2 aromatic rings. The minimum absolute atomic E-state index is 0.0499. The SMILES string of the molecule is CC(C)c1cccc2c1CCN(C(=O)NC(C)c1nncn1C)C2. The van der Waals surface area contributed by atoms with Gasteiger partial charge in [0.15, 0.2) is 5.82 Å². The maximum absolute atomic E-state index is 12.6. The monoisotopic (exact) mass is 327 g/mol. The molecule has 1 aliphatic heterocycles. The smallest absolute Gasteiger partial charge is 0.318 e. The number of fused-ring (bicyclic) bond motifs is 1. The Morgan fingerprint density at radius 1 is 1.29 bits per heavy atom. The molecule has 0 spiro atoms. The van der Waals surface area contributed by atoms with E-state index in [2.05, 4.69) is 47.6 Å². The van der Waals surface area contributed by atoms with E-state index in [0.717, 1.165) is 18.8 Å². The van der Waals surface area contributed by atoms with E-state index in [-0.39, 0.29) is 12.1 Å². The van der Waals surface area contributed by atoms with Crippen molar-refractivity contribution in [3.63, 3.8) is 0 Å². The van der Waals surface area contributed by atoms with Crippen molar-refractivity contribution in [2.75, 3.05) is 6.54 Å². The highest BCUT2D eigenvalue weighted by Gasteiger charge is 2.24. The number of nitrogens with zero attached hydrogens (tertiary/aromatic N) is 4. The van der Waals surface area contributed by atoms with E-state index in [1.54, 1.807) is 6.33 Å². The lowest BCUT2D eigenvalue weighted by molar-refractivity contribution is 0.188. The molecular weight excluding hydrogens is 302 g/mol. The minimum atomic E-state index is -0.173. The highest BCUT2D eigenvalue weighted by Crippen LogP contribution is 2.27. The van der Waals surface area contributed by atoms with Gasteiger partial charge in [0.25, 0.3) is 0 Å². The van der Waals surface area contributed by atoms with Gasteiger partial charge in [-0.3, -0.25) is 0 Å². The molecule has 128 valence electrons. The van der Waals surface area contributed by atoms with Crippen molar-refractivity contribution in [3.8, 4) is 0 Å². The van der Waals surface area contributed by atoms with Crippen LogP contribution in [0.1, 0.15) is 55.2 Å². The molecule has 1 unspecified atom stereocenters. The first-order valence-electron chi connectivity index (χ1n) is 8.47. The molecule has 2 heterocycles. The number of hydrogen-bond acceptors (Lipinski definition) is 3. The van der Waals surface area contributed by atoms with Crippen LogP contribution >= 0.6 is 0 Å². The molecule has 1 aromatic carbocycles. The zero-order valence-electron chi connectivity index (χ0n) is 14.8. The lowest BCUT2D eigenvalue weighted by Gasteiger charge is -2.31. The Balaban J connectivity index is 1.70. The van der Waals surface area contributed by atoms with Crippen LogP contribution in [0, 0.1) is 0 Å². The predicted molar refractivity (Wildman–Crippen MR) is 92.6 cm³/mol. The summed E-state index contributed by atoms with van der Waals surface area (Å²) in [4.78, 5) is 14.5. The summed E-state index contributed by atoms with van der Waals surface area (Å²) in [6.07, 6.45) is 2.55. The van der Waals surface area contributed by atoms with Gasteiger partial charge in [0.05, 0.1) is 6.04 Å². The lowest BCUT2D eigenvalue weighted by atomic mass is 9.89. The second-order valence-corrected chi connectivity index (χ2v) is 6.78. The summed E-state index contributed by atoms with van der Waals surface area (Å²) in [7, 11) is 1.88. The van der Waals surface area contributed by atoms with Crippen molar-refractivity contribution >= 4 is 6.03 Å². The van der Waals surface area contributed by atoms with Crippen molar-refractivity contribution in [1.29, 1.82) is 0 Å². The van der Waals surface area contributed by atoms with Crippen LogP contribution in [0.25, 0.3) is 0 Å². The van der Waals surface area contributed by atoms with Gasteiger partial charge in [-0.2, -0.15) is 0 Å². The van der Waals surface area contributed by atoms with Crippen LogP contribution < -0.4 is 5.32 Å². The molecule has 24 heavy (non-hydrogen) atoms. The first kappa shape index (κ1) is 16.5. The Hall–Kier alpha value is -2.37. The predicted octanol–water partition coefficient (Wildman–Crippen LogP) is 2.77. The Labute approximate surface area is 142 Å². The number of urea groups is 1. The lowest BCUT2D eigenvalue weighted by Crippen LogP contribution is -2.44. The summed E-state index contributed by atoms with van der Waals surface area (Å²) < 4.78 is 1.82. The number of aromatic nitrogens is 3. The molecule has 0 saturated carbocycles. The number of rotatable bonds is 3. The van der Waals surface area contributed by atoms with Crippen LogP contribution in [0.5, 0.6) is 0 Å². The highest BCUT2D eigenvalue weighted by molar-refractivity contribution is 5.75. The number of benzene rings is 1. The standard InChI is InChI=1S/C18H25N5O/c1-12(2)15-7-5-6-14-10-23(9-8-16(14)15)18(24)20-13(3)17-21-19-11-22(17)4/h5-7,11-13H,8-10H2,1-4H3,(H,20,24). The largest absolute Gasteiger partial charge is 0.328 e.